The first-order valence-electron chi connectivity index (χ1n) is 6.62. The van der Waals surface area contributed by atoms with Crippen molar-refractivity contribution >= 4 is 12.2 Å². The minimum absolute atomic E-state index is 0.0451. The van der Waals surface area contributed by atoms with Crippen molar-refractivity contribution in [3.05, 3.63) is 35.4 Å². The third kappa shape index (κ3) is 2.21. The van der Waals surface area contributed by atoms with Crippen molar-refractivity contribution in [2.75, 3.05) is 0 Å². The van der Waals surface area contributed by atoms with Crippen LogP contribution in [0.5, 0.6) is 0 Å². The first kappa shape index (κ1) is 12.2. The first-order chi connectivity index (χ1) is 9.15. The zero-order valence-electron chi connectivity index (χ0n) is 11.1. The number of fused-ring (bicyclic) bond motifs is 1. The molecule has 0 bridgehead atoms. The second-order valence-electron chi connectivity index (χ2n) is 5.38. The van der Waals surface area contributed by atoms with Gasteiger partial charge in [-0.2, -0.15) is 5.10 Å². The maximum Gasteiger partial charge on any atom is 0.264 e. The predicted molar refractivity (Wildman–Crippen MR) is 73.3 cm³/mol. The number of hydrogen-bond donors (Lipinski definition) is 2. The summed E-state index contributed by atoms with van der Waals surface area (Å²) in [6.07, 6.45) is 2.40. The molecule has 2 atom stereocenters. The normalized spacial score (nSPS) is 25.6. The highest BCUT2D eigenvalue weighted by atomic mass is 16.2. The molecule has 19 heavy (non-hydrogen) atoms. The maximum absolute atomic E-state index is 11.7. The summed E-state index contributed by atoms with van der Waals surface area (Å²) in [5, 5.41) is 5.60. The van der Waals surface area contributed by atoms with Gasteiger partial charge in [-0.1, -0.05) is 38.1 Å². The Hall–Kier alpha value is -1.88. The van der Waals surface area contributed by atoms with Crippen LogP contribution in [-0.4, -0.2) is 23.3 Å². The summed E-state index contributed by atoms with van der Waals surface area (Å²) in [6, 6.07) is 8.61. The Labute approximate surface area is 112 Å². The lowest BCUT2D eigenvalue weighted by atomic mass is 9.97. The highest BCUT2D eigenvalue weighted by Gasteiger charge is 2.37. The molecule has 2 aliphatic heterocycles. The van der Waals surface area contributed by atoms with Crippen LogP contribution in [0.1, 0.15) is 43.4 Å². The quantitative estimate of drug-likeness (QED) is 0.845. The zero-order chi connectivity index (χ0) is 13.4. The van der Waals surface area contributed by atoms with Gasteiger partial charge in [0.15, 0.2) is 0 Å². The van der Waals surface area contributed by atoms with E-state index in [0.717, 1.165) is 6.42 Å². The molecule has 0 radical (unpaired) electrons. The SMILES string of the molecule is CC(C)c1ccc(C2CC3C(=O)NN=CN3N2)cc1. The van der Waals surface area contributed by atoms with Crippen LogP contribution in [-0.2, 0) is 4.79 Å². The topological polar surface area (TPSA) is 56.7 Å². The molecule has 1 saturated heterocycles. The lowest BCUT2D eigenvalue weighted by Crippen LogP contribution is -2.48. The largest absolute Gasteiger partial charge is 0.283 e. The fraction of sp³-hybridized carbons (Fsp3) is 0.429. The molecular formula is C14H18N4O. The van der Waals surface area contributed by atoms with Gasteiger partial charge in [0.1, 0.15) is 12.4 Å². The standard InChI is InChI=1S/C14H18N4O/c1-9(2)10-3-5-11(6-4-10)12-7-13-14(19)16-15-8-18(13)17-12/h3-6,8-9,12-13,17H,7H2,1-2H3,(H,16,19). The van der Waals surface area contributed by atoms with Gasteiger partial charge in [0.25, 0.3) is 5.91 Å². The fourth-order valence-corrected chi connectivity index (χ4v) is 2.56. The molecule has 2 aliphatic rings. The smallest absolute Gasteiger partial charge is 0.264 e. The summed E-state index contributed by atoms with van der Waals surface area (Å²) < 4.78 is 0. The van der Waals surface area contributed by atoms with Gasteiger partial charge < -0.3 is 0 Å². The first-order valence-corrected chi connectivity index (χ1v) is 6.62. The van der Waals surface area contributed by atoms with Crippen LogP contribution in [0.2, 0.25) is 0 Å². The summed E-state index contributed by atoms with van der Waals surface area (Å²) in [7, 11) is 0. The van der Waals surface area contributed by atoms with Gasteiger partial charge in [0.05, 0.1) is 6.04 Å². The molecule has 1 fully saturated rings. The lowest BCUT2D eigenvalue weighted by molar-refractivity contribution is -0.125. The highest BCUT2D eigenvalue weighted by molar-refractivity contribution is 5.87. The van der Waals surface area contributed by atoms with E-state index in [0.29, 0.717) is 5.92 Å². The average molecular weight is 258 g/mol. The number of hydrogen-bond acceptors (Lipinski definition) is 4. The molecule has 0 aliphatic carbocycles. The Morgan fingerprint density at radius 1 is 1.32 bits per heavy atom. The number of benzene rings is 1. The number of hydrazone groups is 1. The molecule has 0 aromatic heterocycles. The van der Waals surface area contributed by atoms with Gasteiger partial charge in [0, 0.05) is 0 Å². The number of nitrogens with zero attached hydrogens (tertiary/aromatic N) is 2. The van der Waals surface area contributed by atoms with Gasteiger partial charge in [-0.25, -0.2) is 10.9 Å². The van der Waals surface area contributed by atoms with E-state index in [2.05, 4.69) is 54.1 Å². The summed E-state index contributed by atoms with van der Waals surface area (Å²) in [6.45, 7) is 4.37. The van der Waals surface area contributed by atoms with E-state index >= 15 is 0 Å². The second-order valence-corrected chi connectivity index (χ2v) is 5.38. The lowest BCUT2D eigenvalue weighted by Gasteiger charge is -2.23. The van der Waals surface area contributed by atoms with Crippen LogP contribution in [0, 0.1) is 0 Å². The Balaban J connectivity index is 1.77. The van der Waals surface area contributed by atoms with Gasteiger partial charge in [-0.05, 0) is 23.5 Å². The number of amides is 1. The molecule has 2 N–H and O–H groups in total. The third-order valence-corrected chi connectivity index (χ3v) is 3.76. The van der Waals surface area contributed by atoms with Crippen molar-refractivity contribution < 1.29 is 4.79 Å². The molecule has 5 heteroatoms. The average Bonchev–Trinajstić information content (AvgIpc) is 2.84. The molecule has 0 saturated carbocycles. The maximum atomic E-state index is 11.7. The minimum atomic E-state index is -0.160. The van der Waals surface area contributed by atoms with Crippen LogP contribution >= 0.6 is 0 Å². The monoisotopic (exact) mass is 258 g/mol. The molecule has 5 nitrogen and oxygen atoms in total. The summed E-state index contributed by atoms with van der Waals surface area (Å²) in [4.78, 5) is 11.7. The molecule has 3 rings (SSSR count). The van der Waals surface area contributed by atoms with Crippen molar-refractivity contribution in [2.24, 2.45) is 5.10 Å². The van der Waals surface area contributed by atoms with Crippen molar-refractivity contribution in [2.45, 2.75) is 38.3 Å². The van der Waals surface area contributed by atoms with Gasteiger partial charge >= 0.3 is 0 Å². The van der Waals surface area contributed by atoms with E-state index in [4.69, 9.17) is 0 Å². The second kappa shape index (κ2) is 4.66. The number of hydrazine groups is 1. The van der Waals surface area contributed by atoms with E-state index in [9.17, 15) is 4.79 Å². The van der Waals surface area contributed by atoms with Crippen molar-refractivity contribution in [3.63, 3.8) is 0 Å². The number of nitrogens with one attached hydrogen (secondary N) is 2. The van der Waals surface area contributed by atoms with E-state index in [1.54, 1.807) is 11.3 Å². The van der Waals surface area contributed by atoms with E-state index in [-0.39, 0.29) is 18.0 Å². The Morgan fingerprint density at radius 3 is 2.68 bits per heavy atom. The van der Waals surface area contributed by atoms with Gasteiger partial charge in [-0.3, -0.25) is 9.80 Å². The molecule has 2 heterocycles. The molecule has 2 unspecified atom stereocenters. The summed E-state index contributed by atoms with van der Waals surface area (Å²) >= 11 is 0. The fourth-order valence-electron chi connectivity index (χ4n) is 2.56. The Kier molecular flexibility index (Phi) is 2.98. The third-order valence-electron chi connectivity index (χ3n) is 3.76. The van der Waals surface area contributed by atoms with Crippen molar-refractivity contribution in [1.82, 2.24) is 15.9 Å². The van der Waals surface area contributed by atoms with Gasteiger partial charge in [0.2, 0.25) is 0 Å². The number of carbonyl (C=O) groups excluding carboxylic acids is 1. The van der Waals surface area contributed by atoms with Crippen LogP contribution in [0.25, 0.3) is 0 Å². The molecular weight excluding hydrogens is 240 g/mol. The molecule has 0 spiro atoms. The summed E-state index contributed by atoms with van der Waals surface area (Å²) in [5.41, 5.74) is 8.35. The molecule has 1 amide bonds. The Bertz CT molecular complexity index is 509. The van der Waals surface area contributed by atoms with Crippen LogP contribution in [0.3, 0.4) is 0 Å². The van der Waals surface area contributed by atoms with E-state index < -0.39 is 0 Å². The predicted octanol–water partition coefficient (Wildman–Crippen LogP) is 1.50. The van der Waals surface area contributed by atoms with Crippen molar-refractivity contribution in [1.29, 1.82) is 0 Å². The van der Waals surface area contributed by atoms with E-state index in [1.165, 1.54) is 11.1 Å². The van der Waals surface area contributed by atoms with Crippen LogP contribution in [0.15, 0.2) is 29.4 Å². The zero-order valence-corrected chi connectivity index (χ0v) is 11.1. The molecule has 1 aromatic rings. The molecule has 100 valence electrons. The van der Waals surface area contributed by atoms with Crippen LogP contribution in [0.4, 0.5) is 0 Å². The van der Waals surface area contributed by atoms with Gasteiger partial charge in [-0.15, -0.1) is 0 Å². The molecule has 1 aromatic carbocycles. The number of rotatable bonds is 2. The summed E-state index contributed by atoms with van der Waals surface area (Å²) in [5.74, 6) is 0.492. The van der Waals surface area contributed by atoms with Crippen molar-refractivity contribution in [3.8, 4) is 0 Å². The minimum Gasteiger partial charge on any atom is -0.283 e. The number of carbonyl (C=O) groups is 1. The van der Waals surface area contributed by atoms with Crippen LogP contribution < -0.4 is 10.9 Å². The van der Waals surface area contributed by atoms with E-state index in [1.807, 2.05) is 0 Å². The Morgan fingerprint density at radius 2 is 2.05 bits per heavy atom. The highest BCUT2D eigenvalue weighted by Crippen LogP contribution is 2.28.